The highest BCUT2D eigenvalue weighted by atomic mass is 32.1. The second-order valence-electron chi connectivity index (χ2n) is 5.07. The molecule has 0 saturated heterocycles. The van der Waals surface area contributed by atoms with Crippen molar-refractivity contribution in [1.29, 1.82) is 0 Å². The molecular formula is C17H20N4O2S. The zero-order chi connectivity index (χ0) is 16.9. The van der Waals surface area contributed by atoms with Gasteiger partial charge >= 0.3 is 0 Å². The predicted molar refractivity (Wildman–Crippen MR) is 94.5 cm³/mol. The number of nitrogens with one attached hydrogen (secondary N) is 1. The molecule has 2 aromatic heterocycles. The van der Waals surface area contributed by atoms with Crippen LogP contribution in [0.1, 0.15) is 31.3 Å². The summed E-state index contributed by atoms with van der Waals surface area (Å²) in [6, 6.07) is 9.23. The molecule has 0 bridgehead atoms. The van der Waals surface area contributed by atoms with Gasteiger partial charge in [-0.05, 0) is 43.0 Å². The average Bonchev–Trinajstić information content (AvgIpc) is 3.27. The molecule has 0 amide bonds. The number of rotatable bonds is 7. The van der Waals surface area contributed by atoms with E-state index in [1.165, 1.54) is 0 Å². The Bertz CT molecular complexity index is 786. The summed E-state index contributed by atoms with van der Waals surface area (Å²) in [5.41, 5.74) is 7.23. The molecule has 1 unspecified atom stereocenters. The third-order valence-corrected chi connectivity index (χ3v) is 4.33. The van der Waals surface area contributed by atoms with Crippen molar-refractivity contribution < 1.29 is 9.47 Å². The minimum absolute atomic E-state index is 0.416. The number of ether oxygens (including phenoxy) is 2. The van der Waals surface area contributed by atoms with Gasteiger partial charge in [-0.3, -0.25) is 5.10 Å². The van der Waals surface area contributed by atoms with Gasteiger partial charge in [-0.2, -0.15) is 5.10 Å². The SMILES string of the molecule is CCOc1ccc(C(N)c2nc(-c3cccs3)n[nH]2)cc1OCC. The molecule has 0 aliphatic heterocycles. The standard InChI is InChI=1S/C17H20N4O2S/c1-3-22-12-8-7-11(10-13(12)23-4-2)15(18)17-19-16(20-21-17)14-6-5-9-24-14/h5-10,15H,3-4,18H2,1-2H3,(H,19,20,21). The Morgan fingerprint density at radius 1 is 1.17 bits per heavy atom. The van der Waals surface area contributed by atoms with E-state index in [0.717, 1.165) is 10.4 Å². The van der Waals surface area contributed by atoms with Gasteiger partial charge in [0.25, 0.3) is 0 Å². The van der Waals surface area contributed by atoms with Crippen molar-refractivity contribution in [1.82, 2.24) is 15.2 Å². The average molecular weight is 344 g/mol. The lowest BCUT2D eigenvalue weighted by Gasteiger charge is -2.14. The van der Waals surface area contributed by atoms with Gasteiger partial charge < -0.3 is 15.2 Å². The summed E-state index contributed by atoms with van der Waals surface area (Å²) in [4.78, 5) is 5.52. The lowest BCUT2D eigenvalue weighted by Crippen LogP contribution is -2.14. The summed E-state index contributed by atoms with van der Waals surface area (Å²) in [5, 5.41) is 9.17. The van der Waals surface area contributed by atoms with Gasteiger partial charge in [0.05, 0.1) is 24.1 Å². The van der Waals surface area contributed by atoms with E-state index in [1.54, 1.807) is 11.3 Å². The normalized spacial score (nSPS) is 12.1. The van der Waals surface area contributed by atoms with E-state index in [1.807, 2.05) is 49.6 Å². The van der Waals surface area contributed by atoms with Crippen LogP contribution in [0.5, 0.6) is 11.5 Å². The minimum Gasteiger partial charge on any atom is -0.490 e. The highest BCUT2D eigenvalue weighted by Crippen LogP contribution is 2.32. The zero-order valence-electron chi connectivity index (χ0n) is 13.7. The van der Waals surface area contributed by atoms with Crippen LogP contribution >= 0.6 is 11.3 Å². The van der Waals surface area contributed by atoms with E-state index in [4.69, 9.17) is 15.2 Å². The van der Waals surface area contributed by atoms with Crippen LogP contribution in [0.3, 0.4) is 0 Å². The fourth-order valence-electron chi connectivity index (χ4n) is 2.35. The number of H-pyrrole nitrogens is 1. The Morgan fingerprint density at radius 2 is 1.96 bits per heavy atom. The third kappa shape index (κ3) is 3.42. The fraction of sp³-hybridized carbons (Fsp3) is 0.294. The van der Waals surface area contributed by atoms with Crippen LogP contribution in [0, 0.1) is 0 Å². The van der Waals surface area contributed by atoms with Crippen LogP contribution in [-0.2, 0) is 0 Å². The molecule has 0 spiro atoms. The van der Waals surface area contributed by atoms with Gasteiger partial charge in [0.2, 0.25) is 0 Å². The summed E-state index contributed by atoms with van der Waals surface area (Å²) >= 11 is 1.59. The van der Waals surface area contributed by atoms with Gasteiger partial charge in [-0.1, -0.05) is 12.1 Å². The van der Waals surface area contributed by atoms with Crippen molar-refractivity contribution in [3.8, 4) is 22.2 Å². The Labute approximate surface area is 144 Å². The van der Waals surface area contributed by atoms with Crippen LogP contribution < -0.4 is 15.2 Å². The van der Waals surface area contributed by atoms with Crippen molar-refractivity contribution in [2.75, 3.05) is 13.2 Å². The van der Waals surface area contributed by atoms with Crippen molar-refractivity contribution in [2.24, 2.45) is 5.73 Å². The topological polar surface area (TPSA) is 86.0 Å². The maximum atomic E-state index is 6.35. The van der Waals surface area contributed by atoms with Crippen LogP contribution in [-0.4, -0.2) is 28.4 Å². The molecule has 0 aliphatic rings. The van der Waals surface area contributed by atoms with Crippen LogP contribution in [0.25, 0.3) is 10.7 Å². The van der Waals surface area contributed by atoms with E-state index >= 15 is 0 Å². The fourth-order valence-corrected chi connectivity index (χ4v) is 3.01. The van der Waals surface area contributed by atoms with E-state index in [9.17, 15) is 0 Å². The molecule has 7 heteroatoms. The first-order chi connectivity index (χ1) is 11.7. The number of nitrogens with two attached hydrogens (primary N) is 1. The molecule has 0 radical (unpaired) electrons. The lowest BCUT2D eigenvalue weighted by atomic mass is 10.1. The number of hydrogen-bond donors (Lipinski definition) is 2. The first-order valence-electron chi connectivity index (χ1n) is 7.84. The second-order valence-corrected chi connectivity index (χ2v) is 6.02. The largest absolute Gasteiger partial charge is 0.490 e. The molecule has 1 atom stereocenters. The summed E-state index contributed by atoms with van der Waals surface area (Å²) < 4.78 is 11.2. The van der Waals surface area contributed by atoms with Crippen LogP contribution in [0.4, 0.5) is 0 Å². The Balaban J connectivity index is 1.86. The maximum absolute atomic E-state index is 6.35. The quantitative estimate of drug-likeness (QED) is 0.686. The van der Waals surface area contributed by atoms with Crippen LogP contribution in [0.2, 0.25) is 0 Å². The number of aromatic amines is 1. The van der Waals surface area contributed by atoms with E-state index in [0.29, 0.717) is 36.4 Å². The minimum atomic E-state index is -0.416. The van der Waals surface area contributed by atoms with Gasteiger partial charge in [-0.15, -0.1) is 11.3 Å². The predicted octanol–water partition coefficient (Wildman–Crippen LogP) is 3.38. The highest BCUT2D eigenvalue weighted by molar-refractivity contribution is 7.13. The van der Waals surface area contributed by atoms with Crippen molar-refractivity contribution in [2.45, 2.75) is 19.9 Å². The molecule has 6 nitrogen and oxygen atoms in total. The Kier molecular flexibility index (Phi) is 5.12. The van der Waals surface area contributed by atoms with Crippen LogP contribution in [0.15, 0.2) is 35.7 Å². The highest BCUT2D eigenvalue weighted by Gasteiger charge is 2.17. The molecule has 3 aromatic rings. The number of benzene rings is 1. The molecule has 3 rings (SSSR count). The monoisotopic (exact) mass is 344 g/mol. The summed E-state index contributed by atoms with van der Waals surface area (Å²) in [6.45, 7) is 5.02. The number of nitrogens with zero attached hydrogens (tertiary/aromatic N) is 2. The summed E-state index contributed by atoms with van der Waals surface area (Å²) in [6.07, 6.45) is 0. The Morgan fingerprint density at radius 3 is 2.67 bits per heavy atom. The number of thiophene rings is 1. The van der Waals surface area contributed by atoms with E-state index in [-0.39, 0.29) is 0 Å². The molecule has 2 heterocycles. The lowest BCUT2D eigenvalue weighted by molar-refractivity contribution is 0.287. The number of aromatic nitrogens is 3. The van der Waals surface area contributed by atoms with Crippen molar-refractivity contribution in [3.63, 3.8) is 0 Å². The second kappa shape index (κ2) is 7.46. The zero-order valence-corrected chi connectivity index (χ0v) is 14.5. The molecule has 0 fully saturated rings. The van der Waals surface area contributed by atoms with Crippen molar-refractivity contribution in [3.05, 3.63) is 47.1 Å². The first kappa shape index (κ1) is 16.5. The Hall–Kier alpha value is -2.38. The third-order valence-electron chi connectivity index (χ3n) is 3.47. The summed E-state index contributed by atoms with van der Waals surface area (Å²) in [7, 11) is 0. The first-order valence-corrected chi connectivity index (χ1v) is 8.72. The maximum Gasteiger partial charge on any atom is 0.191 e. The molecular weight excluding hydrogens is 324 g/mol. The summed E-state index contributed by atoms with van der Waals surface area (Å²) in [5.74, 6) is 2.67. The molecule has 24 heavy (non-hydrogen) atoms. The number of hydrogen-bond acceptors (Lipinski definition) is 6. The van der Waals surface area contributed by atoms with Gasteiger partial charge in [-0.25, -0.2) is 4.98 Å². The van der Waals surface area contributed by atoms with E-state index < -0.39 is 6.04 Å². The smallest absolute Gasteiger partial charge is 0.191 e. The molecule has 1 aromatic carbocycles. The van der Waals surface area contributed by atoms with Gasteiger partial charge in [0, 0.05) is 0 Å². The molecule has 0 aliphatic carbocycles. The van der Waals surface area contributed by atoms with Gasteiger partial charge in [0.15, 0.2) is 17.3 Å². The van der Waals surface area contributed by atoms with Gasteiger partial charge in [0.1, 0.15) is 5.82 Å². The van der Waals surface area contributed by atoms with Crippen molar-refractivity contribution >= 4 is 11.3 Å². The van der Waals surface area contributed by atoms with E-state index in [2.05, 4.69) is 15.2 Å². The molecule has 0 saturated carbocycles. The molecule has 126 valence electrons. The molecule has 3 N–H and O–H groups in total.